The van der Waals surface area contributed by atoms with E-state index in [1.165, 1.54) is 31.2 Å². The first-order valence-corrected chi connectivity index (χ1v) is 11.6. The van der Waals surface area contributed by atoms with Gasteiger partial charge >= 0.3 is 0 Å². The molecule has 0 spiro atoms. The van der Waals surface area contributed by atoms with E-state index in [2.05, 4.69) is 31.7 Å². The number of hydrogen-bond donors (Lipinski definition) is 0. The zero-order chi connectivity index (χ0) is 21.0. The van der Waals surface area contributed by atoms with Gasteiger partial charge in [0.05, 0.1) is 7.11 Å². The van der Waals surface area contributed by atoms with E-state index in [0.29, 0.717) is 0 Å². The molecule has 0 bridgehead atoms. The molecule has 8 nitrogen and oxygen atoms in total. The van der Waals surface area contributed by atoms with Crippen molar-refractivity contribution in [3.05, 3.63) is 29.8 Å². The smallest absolute Gasteiger partial charge is 0.232 e. The molecule has 1 aromatic heterocycles. The summed E-state index contributed by atoms with van der Waals surface area (Å²) in [6.07, 6.45) is 4.91. The number of benzene rings is 1. The molecule has 0 unspecified atom stereocenters. The van der Waals surface area contributed by atoms with Crippen LogP contribution in [0.5, 0.6) is 5.75 Å². The Balaban J connectivity index is 1.27. The third kappa shape index (κ3) is 4.69. The highest BCUT2D eigenvalue weighted by atomic mass is 16.5. The minimum atomic E-state index is 0.850. The summed E-state index contributed by atoms with van der Waals surface area (Å²) in [6, 6.07) is 8.38. The zero-order valence-corrected chi connectivity index (χ0v) is 18.5. The van der Waals surface area contributed by atoms with Crippen LogP contribution in [0.3, 0.4) is 0 Å². The molecule has 2 aromatic rings. The highest BCUT2D eigenvalue weighted by Crippen LogP contribution is 2.25. The van der Waals surface area contributed by atoms with E-state index >= 15 is 0 Å². The Labute approximate surface area is 184 Å². The Morgan fingerprint density at radius 2 is 1.10 bits per heavy atom. The summed E-state index contributed by atoms with van der Waals surface area (Å²) in [6.45, 7) is 9.09. The standard InChI is InChI=1S/C23H33N7O/c1-31-20-8-6-19(7-9-20)18-27-14-16-30(17-15-27)23-25-21(28-10-2-3-11-28)24-22(26-23)29-12-4-5-13-29/h6-9H,2-5,10-18H2,1H3. The summed E-state index contributed by atoms with van der Waals surface area (Å²) in [5.41, 5.74) is 1.32. The summed E-state index contributed by atoms with van der Waals surface area (Å²) in [5, 5.41) is 0. The van der Waals surface area contributed by atoms with Crippen LogP contribution in [0.25, 0.3) is 0 Å². The Kier molecular flexibility index (Phi) is 6.06. The summed E-state index contributed by atoms with van der Waals surface area (Å²) in [7, 11) is 1.71. The maximum absolute atomic E-state index is 5.27. The largest absolute Gasteiger partial charge is 0.497 e. The second-order valence-corrected chi connectivity index (χ2v) is 8.73. The first kappa shape index (κ1) is 20.3. The Bertz CT molecular complexity index is 820. The first-order valence-electron chi connectivity index (χ1n) is 11.6. The van der Waals surface area contributed by atoms with Crippen LogP contribution in [0.4, 0.5) is 17.8 Å². The predicted octanol–water partition coefficient (Wildman–Crippen LogP) is 2.40. The minimum Gasteiger partial charge on any atom is -0.497 e. The van der Waals surface area contributed by atoms with Crippen molar-refractivity contribution in [3.8, 4) is 5.75 Å². The predicted molar refractivity (Wildman–Crippen MR) is 123 cm³/mol. The van der Waals surface area contributed by atoms with Crippen molar-refractivity contribution in [1.82, 2.24) is 19.9 Å². The number of piperazine rings is 1. The molecule has 3 fully saturated rings. The molecule has 5 rings (SSSR count). The molecule has 1 aromatic carbocycles. The van der Waals surface area contributed by atoms with E-state index in [4.69, 9.17) is 19.7 Å². The lowest BCUT2D eigenvalue weighted by atomic mass is 10.2. The number of nitrogens with zero attached hydrogens (tertiary/aromatic N) is 7. The van der Waals surface area contributed by atoms with Crippen LogP contribution in [0.1, 0.15) is 31.2 Å². The lowest BCUT2D eigenvalue weighted by Crippen LogP contribution is -2.46. The summed E-state index contributed by atoms with van der Waals surface area (Å²) in [4.78, 5) is 24.2. The van der Waals surface area contributed by atoms with Gasteiger partial charge in [-0.05, 0) is 43.4 Å². The maximum atomic E-state index is 5.27. The monoisotopic (exact) mass is 423 g/mol. The van der Waals surface area contributed by atoms with Gasteiger partial charge in [0.2, 0.25) is 17.8 Å². The van der Waals surface area contributed by atoms with Crippen LogP contribution in [-0.4, -0.2) is 79.3 Å². The molecule has 31 heavy (non-hydrogen) atoms. The fraction of sp³-hybridized carbons (Fsp3) is 0.609. The van der Waals surface area contributed by atoms with Crippen LogP contribution >= 0.6 is 0 Å². The van der Waals surface area contributed by atoms with Gasteiger partial charge in [0.1, 0.15) is 5.75 Å². The molecular weight excluding hydrogens is 390 g/mol. The molecule has 0 N–H and O–H groups in total. The number of aromatic nitrogens is 3. The summed E-state index contributed by atoms with van der Waals surface area (Å²) >= 11 is 0. The van der Waals surface area contributed by atoms with Crippen molar-refractivity contribution in [2.75, 3.05) is 74.2 Å². The molecule has 166 valence electrons. The summed E-state index contributed by atoms with van der Waals surface area (Å²) < 4.78 is 5.27. The fourth-order valence-electron chi connectivity index (χ4n) is 4.70. The Hall–Kier alpha value is -2.61. The molecule has 0 radical (unpaired) electrons. The van der Waals surface area contributed by atoms with Crippen molar-refractivity contribution in [2.24, 2.45) is 0 Å². The second-order valence-electron chi connectivity index (χ2n) is 8.73. The number of rotatable bonds is 6. The average Bonchev–Trinajstić information content (AvgIpc) is 3.54. The molecule has 4 heterocycles. The normalized spacial score (nSPS) is 20.0. The SMILES string of the molecule is COc1ccc(CN2CCN(c3nc(N4CCCC4)nc(N4CCCC4)n3)CC2)cc1. The fourth-order valence-corrected chi connectivity index (χ4v) is 4.70. The average molecular weight is 424 g/mol. The van der Waals surface area contributed by atoms with Gasteiger partial charge in [0, 0.05) is 58.9 Å². The molecule has 0 aliphatic carbocycles. The van der Waals surface area contributed by atoms with E-state index in [1.807, 2.05) is 12.1 Å². The van der Waals surface area contributed by atoms with E-state index < -0.39 is 0 Å². The number of ether oxygens (including phenoxy) is 1. The van der Waals surface area contributed by atoms with Crippen LogP contribution in [0, 0.1) is 0 Å². The Morgan fingerprint density at radius 1 is 0.645 bits per heavy atom. The first-order chi connectivity index (χ1) is 15.3. The lowest BCUT2D eigenvalue weighted by molar-refractivity contribution is 0.248. The molecule has 3 aliphatic rings. The molecule has 0 atom stereocenters. The van der Waals surface area contributed by atoms with E-state index in [9.17, 15) is 0 Å². The third-order valence-electron chi connectivity index (χ3n) is 6.60. The molecule has 0 amide bonds. The van der Waals surface area contributed by atoms with Gasteiger partial charge in [-0.2, -0.15) is 15.0 Å². The second kappa shape index (κ2) is 9.26. The molecule has 0 saturated carbocycles. The highest BCUT2D eigenvalue weighted by Gasteiger charge is 2.25. The van der Waals surface area contributed by atoms with Crippen LogP contribution in [-0.2, 0) is 6.54 Å². The van der Waals surface area contributed by atoms with Crippen molar-refractivity contribution in [2.45, 2.75) is 32.2 Å². The van der Waals surface area contributed by atoms with Gasteiger partial charge in [-0.25, -0.2) is 0 Å². The van der Waals surface area contributed by atoms with Crippen molar-refractivity contribution in [3.63, 3.8) is 0 Å². The molecule has 8 heteroatoms. The third-order valence-corrected chi connectivity index (χ3v) is 6.60. The number of anilines is 3. The van der Waals surface area contributed by atoms with Crippen molar-refractivity contribution >= 4 is 17.8 Å². The van der Waals surface area contributed by atoms with Crippen LogP contribution in [0.2, 0.25) is 0 Å². The topological polar surface area (TPSA) is 60.9 Å². The maximum Gasteiger partial charge on any atom is 0.232 e. The van der Waals surface area contributed by atoms with E-state index in [0.717, 1.165) is 82.5 Å². The van der Waals surface area contributed by atoms with Gasteiger partial charge in [-0.15, -0.1) is 0 Å². The lowest BCUT2D eigenvalue weighted by Gasteiger charge is -2.35. The van der Waals surface area contributed by atoms with Crippen molar-refractivity contribution in [1.29, 1.82) is 0 Å². The highest BCUT2D eigenvalue weighted by molar-refractivity contribution is 5.47. The van der Waals surface area contributed by atoms with E-state index in [-0.39, 0.29) is 0 Å². The van der Waals surface area contributed by atoms with Gasteiger partial charge in [0.25, 0.3) is 0 Å². The minimum absolute atomic E-state index is 0.850. The quantitative estimate of drug-likeness (QED) is 0.702. The number of methoxy groups -OCH3 is 1. The van der Waals surface area contributed by atoms with Crippen LogP contribution in [0.15, 0.2) is 24.3 Å². The molecule has 3 aliphatic heterocycles. The van der Waals surface area contributed by atoms with Crippen molar-refractivity contribution < 1.29 is 4.74 Å². The van der Waals surface area contributed by atoms with Gasteiger partial charge in [-0.1, -0.05) is 12.1 Å². The van der Waals surface area contributed by atoms with Gasteiger partial charge in [0.15, 0.2) is 0 Å². The zero-order valence-electron chi connectivity index (χ0n) is 18.5. The van der Waals surface area contributed by atoms with Gasteiger partial charge in [-0.3, -0.25) is 4.90 Å². The molecular formula is C23H33N7O. The Morgan fingerprint density at radius 3 is 1.55 bits per heavy atom. The van der Waals surface area contributed by atoms with E-state index in [1.54, 1.807) is 7.11 Å². The summed E-state index contributed by atoms with van der Waals surface area (Å²) in [5.74, 6) is 3.49. The van der Waals surface area contributed by atoms with Gasteiger partial charge < -0.3 is 19.4 Å². The molecule has 3 saturated heterocycles. The van der Waals surface area contributed by atoms with Crippen LogP contribution < -0.4 is 19.4 Å². The number of hydrogen-bond acceptors (Lipinski definition) is 8.